The van der Waals surface area contributed by atoms with Crippen molar-refractivity contribution in [2.45, 2.75) is 20.0 Å². The lowest BCUT2D eigenvalue weighted by Gasteiger charge is -2.21. The number of H-pyrrole nitrogens is 1. The number of hydrogen-bond donors (Lipinski definition) is 4. The van der Waals surface area contributed by atoms with Crippen LogP contribution in [0.25, 0.3) is 32.5 Å². The van der Waals surface area contributed by atoms with Crippen molar-refractivity contribution in [3.05, 3.63) is 87.6 Å². The maximum atomic E-state index is 13.9. The molecule has 1 aliphatic rings. The highest BCUT2D eigenvalue weighted by atomic mass is 35.5. The Balaban J connectivity index is 1.49. The number of rotatable bonds is 7. The smallest absolute Gasteiger partial charge is 0.355 e. The van der Waals surface area contributed by atoms with Gasteiger partial charge in [0.15, 0.2) is 5.69 Å². The minimum Gasteiger partial charge on any atom is -0.488 e. The number of nitrogens with one attached hydrogen (secondary N) is 3. The van der Waals surface area contributed by atoms with Crippen LogP contribution in [-0.4, -0.2) is 39.4 Å². The number of nitrogens with zero attached hydrogens (tertiary/aromatic N) is 1. The fraction of sp³-hybridized carbons (Fsp3) is 0.133. The quantitative estimate of drug-likeness (QED) is 0.170. The first-order valence-electron chi connectivity index (χ1n) is 12.8. The van der Waals surface area contributed by atoms with Gasteiger partial charge in [-0.1, -0.05) is 18.5 Å². The molecule has 0 atom stereocenters. The number of aromatic carboxylic acids is 1. The fourth-order valence-electron chi connectivity index (χ4n) is 4.81. The van der Waals surface area contributed by atoms with Crippen molar-refractivity contribution in [2.75, 3.05) is 11.9 Å². The van der Waals surface area contributed by atoms with Crippen LogP contribution in [0.5, 0.6) is 5.75 Å². The third kappa shape index (κ3) is 4.81. The van der Waals surface area contributed by atoms with Crippen molar-refractivity contribution in [2.24, 2.45) is 0 Å². The van der Waals surface area contributed by atoms with Crippen molar-refractivity contribution < 1.29 is 24.2 Å². The van der Waals surface area contributed by atoms with Crippen LogP contribution < -0.4 is 15.4 Å². The predicted octanol–water partition coefficient (Wildman–Crippen LogP) is 6.59. The predicted molar refractivity (Wildman–Crippen MR) is 158 cm³/mol. The number of ether oxygens (including phenoxy) is 1. The van der Waals surface area contributed by atoms with Gasteiger partial charge in [0, 0.05) is 56.3 Å². The topological polar surface area (TPSA) is 133 Å². The van der Waals surface area contributed by atoms with Crippen molar-refractivity contribution in [3.8, 4) is 27.3 Å². The highest BCUT2D eigenvalue weighted by Gasteiger charge is 2.27. The summed E-state index contributed by atoms with van der Waals surface area (Å²) in [6, 6.07) is 13.6. The third-order valence-corrected chi connectivity index (χ3v) is 8.21. The van der Waals surface area contributed by atoms with Crippen molar-refractivity contribution >= 4 is 57.3 Å². The van der Waals surface area contributed by atoms with Crippen LogP contribution in [0.15, 0.2) is 60.1 Å². The normalized spacial score (nSPS) is 11.9. The monoisotopic (exact) mass is 586 g/mol. The molecule has 206 valence electrons. The Bertz CT molecular complexity index is 1860. The van der Waals surface area contributed by atoms with Gasteiger partial charge in [-0.2, -0.15) is 0 Å². The van der Waals surface area contributed by atoms with E-state index >= 15 is 0 Å². The summed E-state index contributed by atoms with van der Waals surface area (Å²) in [5, 5.41) is 18.8. The van der Waals surface area contributed by atoms with Gasteiger partial charge in [0.2, 0.25) is 0 Å². The highest BCUT2D eigenvalue weighted by molar-refractivity contribution is 7.13. The van der Waals surface area contributed by atoms with Crippen LogP contribution >= 0.6 is 22.9 Å². The van der Waals surface area contributed by atoms with E-state index in [-0.39, 0.29) is 22.5 Å². The zero-order chi connectivity index (χ0) is 28.7. The molecule has 0 unspecified atom stereocenters. The lowest BCUT2D eigenvalue weighted by molar-refractivity contribution is 0.0691. The van der Waals surface area contributed by atoms with Gasteiger partial charge in [0.05, 0.1) is 10.7 Å². The zero-order valence-electron chi connectivity index (χ0n) is 21.7. The van der Waals surface area contributed by atoms with Crippen LogP contribution in [0.2, 0.25) is 5.02 Å². The molecule has 2 amide bonds. The summed E-state index contributed by atoms with van der Waals surface area (Å²) in [7, 11) is 0. The van der Waals surface area contributed by atoms with Gasteiger partial charge in [-0.25, -0.2) is 9.78 Å². The summed E-state index contributed by atoms with van der Waals surface area (Å²) < 4.78 is 6.01. The summed E-state index contributed by atoms with van der Waals surface area (Å²) >= 11 is 8.14. The van der Waals surface area contributed by atoms with Crippen LogP contribution in [0, 0.1) is 0 Å². The molecule has 3 aromatic heterocycles. The molecule has 9 nitrogen and oxygen atoms in total. The molecule has 5 aromatic rings. The second-order valence-corrected chi connectivity index (χ2v) is 10.7. The van der Waals surface area contributed by atoms with E-state index in [0.29, 0.717) is 35.2 Å². The Morgan fingerprint density at radius 2 is 1.93 bits per heavy atom. The molecule has 1 aliphatic heterocycles. The number of aromatic nitrogens is 2. The van der Waals surface area contributed by atoms with Gasteiger partial charge in [0.1, 0.15) is 18.1 Å². The number of aromatic amines is 1. The second-order valence-electron chi connectivity index (χ2n) is 9.43. The molecule has 0 saturated heterocycles. The van der Waals surface area contributed by atoms with Gasteiger partial charge < -0.3 is 25.5 Å². The van der Waals surface area contributed by atoms with Crippen LogP contribution in [0.3, 0.4) is 0 Å². The number of benzene rings is 2. The number of thiophene rings is 1. The van der Waals surface area contributed by atoms with Crippen LogP contribution in [0.4, 0.5) is 5.69 Å². The van der Waals surface area contributed by atoms with Gasteiger partial charge >= 0.3 is 5.97 Å². The van der Waals surface area contributed by atoms with Gasteiger partial charge in [-0.05, 0) is 60.3 Å². The van der Waals surface area contributed by atoms with E-state index in [9.17, 15) is 19.5 Å². The van der Waals surface area contributed by atoms with E-state index in [2.05, 4.69) is 20.6 Å². The van der Waals surface area contributed by atoms with E-state index in [1.54, 1.807) is 24.4 Å². The SMILES string of the molecule is CCCNC(=O)c1ccc(-c2cc3c(cc2C(=O)Nc2ccc4[nH]ccc4c2Cl)-c2sccc2CO3)c(C(=O)O)n1. The molecule has 4 N–H and O–H groups in total. The molecule has 0 radical (unpaired) electrons. The van der Waals surface area contributed by atoms with Crippen LogP contribution in [-0.2, 0) is 6.61 Å². The molecule has 0 bridgehead atoms. The summed E-state index contributed by atoms with van der Waals surface area (Å²) in [5.74, 6) is -1.80. The standard InChI is InChI=1S/C30H23ClN4O5S/c1-2-9-33-29(37)23-4-3-16(26(34-23)30(38)39)18-13-24-20(27-15(14-40-24)8-11-41-27)12-19(18)28(36)35-22-6-5-21-17(25(22)31)7-10-32-21/h3-8,10-13,32H,2,9,14H2,1H3,(H,33,37)(H,35,36)(H,38,39). The molecule has 0 fully saturated rings. The lowest BCUT2D eigenvalue weighted by atomic mass is 9.92. The number of carboxylic acids is 1. The van der Waals surface area contributed by atoms with E-state index in [1.165, 1.54) is 23.5 Å². The Hall–Kier alpha value is -4.67. The number of carbonyl (C=O) groups is 3. The number of pyridine rings is 1. The number of amides is 2. The Morgan fingerprint density at radius 3 is 2.73 bits per heavy atom. The van der Waals surface area contributed by atoms with Crippen molar-refractivity contribution in [1.82, 2.24) is 15.3 Å². The molecule has 11 heteroatoms. The van der Waals surface area contributed by atoms with E-state index in [0.717, 1.165) is 33.3 Å². The number of carbonyl (C=O) groups excluding carboxylic acids is 2. The van der Waals surface area contributed by atoms with Gasteiger partial charge in [-0.3, -0.25) is 9.59 Å². The summed E-state index contributed by atoms with van der Waals surface area (Å²) in [5.41, 5.74) is 3.23. The molecule has 41 heavy (non-hydrogen) atoms. The molecular formula is C30H23ClN4O5S. The molecule has 0 aliphatic carbocycles. The summed E-state index contributed by atoms with van der Waals surface area (Å²) in [6.45, 7) is 2.69. The first-order valence-corrected chi connectivity index (χ1v) is 14.1. The molecule has 2 aromatic carbocycles. The van der Waals surface area contributed by atoms with Crippen molar-refractivity contribution in [3.63, 3.8) is 0 Å². The molecule has 0 saturated carbocycles. The molecule has 4 heterocycles. The summed E-state index contributed by atoms with van der Waals surface area (Å²) in [4.78, 5) is 47.0. The maximum Gasteiger partial charge on any atom is 0.355 e. The number of halogens is 1. The van der Waals surface area contributed by atoms with Crippen molar-refractivity contribution in [1.29, 1.82) is 0 Å². The zero-order valence-corrected chi connectivity index (χ0v) is 23.3. The average molecular weight is 587 g/mol. The first kappa shape index (κ1) is 26.5. The Labute approximate surface area is 243 Å². The Kier molecular flexibility index (Phi) is 6.94. The van der Waals surface area contributed by atoms with E-state index in [1.807, 2.05) is 30.5 Å². The van der Waals surface area contributed by atoms with Gasteiger partial charge in [0.25, 0.3) is 11.8 Å². The fourth-order valence-corrected chi connectivity index (χ4v) is 6.01. The minimum absolute atomic E-state index is 0.0328. The highest BCUT2D eigenvalue weighted by Crippen LogP contribution is 2.45. The minimum atomic E-state index is -1.34. The second kappa shape index (κ2) is 10.7. The molecule has 6 rings (SSSR count). The lowest BCUT2D eigenvalue weighted by Crippen LogP contribution is -2.25. The maximum absolute atomic E-state index is 13.9. The molecular weight excluding hydrogens is 564 g/mol. The largest absolute Gasteiger partial charge is 0.488 e. The number of fused-ring (bicyclic) bond motifs is 4. The van der Waals surface area contributed by atoms with E-state index in [4.69, 9.17) is 16.3 Å². The summed E-state index contributed by atoms with van der Waals surface area (Å²) in [6.07, 6.45) is 2.48. The molecule has 0 spiro atoms. The van der Waals surface area contributed by atoms with Gasteiger partial charge in [-0.15, -0.1) is 11.3 Å². The average Bonchev–Trinajstić information content (AvgIpc) is 3.66. The number of anilines is 1. The third-order valence-electron chi connectivity index (χ3n) is 6.81. The van der Waals surface area contributed by atoms with E-state index < -0.39 is 17.8 Å². The Morgan fingerprint density at radius 1 is 1.07 bits per heavy atom. The van der Waals surface area contributed by atoms with Crippen LogP contribution in [0.1, 0.15) is 50.2 Å². The number of carboxylic acid groups (broad SMARTS) is 1. The first-order chi connectivity index (χ1) is 19.9. The number of hydrogen-bond acceptors (Lipinski definition) is 6.